The van der Waals surface area contributed by atoms with Gasteiger partial charge in [-0.3, -0.25) is 9.69 Å². The molecule has 0 aromatic carbocycles. The summed E-state index contributed by atoms with van der Waals surface area (Å²) in [5.41, 5.74) is 5.09. The van der Waals surface area contributed by atoms with Crippen LogP contribution >= 0.6 is 0 Å². The second-order valence-corrected chi connectivity index (χ2v) is 5.94. The van der Waals surface area contributed by atoms with Gasteiger partial charge in [-0.25, -0.2) is 0 Å². The van der Waals surface area contributed by atoms with Gasteiger partial charge in [0.2, 0.25) is 5.91 Å². The number of primary amides is 1. The lowest BCUT2D eigenvalue weighted by atomic mass is 9.96. The van der Waals surface area contributed by atoms with E-state index in [1.165, 1.54) is 0 Å². The van der Waals surface area contributed by atoms with Crippen molar-refractivity contribution in [1.29, 1.82) is 0 Å². The Morgan fingerprint density at radius 1 is 1.44 bits per heavy atom. The van der Waals surface area contributed by atoms with E-state index in [9.17, 15) is 4.79 Å². The van der Waals surface area contributed by atoms with E-state index in [4.69, 9.17) is 5.73 Å². The molecule has 0 bridgehead atoms. The Kier molecular flexibility index (Phi) is 3.94. The Morgan fingerprint density at radius 3 is 2.67 bits per heavy atom. The van der Waals surface area contributed by atoms with Crippen molar-refractivity contribution in [2.45, 2.75) is 43.8 Å². The van der Waals surface area contributed by atoms with Crippen molar-refractivity contribution in [3.63, 3.8) is 0 Å². The highest BCUT2D eigenvalue weighted by Gasteiger charge is 2.45. The zero-order valence-corrected chi connectivity index (χ0v) is 11.8. The van der Waals surface area contributed by atoms with Crippen LogP contribution in [0.4, 0.5) is 0 Å². The van der Waals surface area contributed by atoms with Crippen LogP contribution < -0.4 is 11.1 Å². The number of rotatable bonds is 3. The molecule has 1 amide bonds. The Bertz CT molecular complexity index is 322. The maximum absolute atomic E-state index is 11.6. The largest absolute Gasteiger partial charge is 0.368 e. The van der Waals surface area contributed by atoms with Crippen molar-refractivity contribution in [3.8, 4) is 0 Å². The molecular weight excluding hydrogens is 228 g/mol. The van der Waals surface area contributed by atoms with Crippen LogP contribution in [0.1, 0.15) is 26.2 Å². The molecule has 0 radical (unpaired) electrons. The fourth-order valence-corrected chi connectivity index (χ4v) is 3.57. The number of amides is 1. The normalized spacial score (nSPS) is 39.1. The molecule has 5 heteroatoms. The summed E-state index contributed by atoms with van der Waals surface area (Å²) in [6.07, 6.45) is 2.79. The Labute approximate surface area is 110 Å². The van der Waals surface area contributed by atoms with Gasteiger partial charge in [-0.05, 0) is 40.3 Å². The number of hydrogen-bond donors (Lipinski definition) is 2. The molecular formula is C13H26N4O. The first-order valence-electron chi connectivity index (χ1n) is 6.91. The highest BCUT2D eigenvalue weighted by atomic mass is 16.1. The van der Waals surface area contributed by atoms with Crippen LogP contribution in [0.25, 0.3) is 0 Å². The average molecular weight is 254 g/mol. The van der Waals surface area contributed by atoms with E-state index in [1.807, 2.05) is 7.05 Å². The molecule has 3 unspecified atom stereocenters. The Balaban J connectivity index is 2.02. The van der Waals surface area contributed by atoms with E-state index in [0.29, 0.717) is 12.1 Å². The third-order valence-electron chi connectivity index (χ3n) is 4.79. The maximum Gasteiger partial charge on any atom is 0.237 e. The van der Waals surface area contributed by atoms with Crippen LogP contribution in [0.5, 0.6) is 0 Å². The molecule has 1 aliphatic carbocycles. The molecule has 2 rings (SSSR count). The van der Waals surface area contributed by atoms with Crippen molar-refractivity contribution in [1.82, 2.24) is 15.1 Å². The van der Waals surface area contributed by atoms with E-state index < -0.39 is 5.54 Å². The van der Waals surface area contributed by atoms with Gasteiger partial charge in [0.05, 0.1) is 5.54 Å². The third-order valence-corrected chi connectivity index (χ3v) is 4.79. The first kappa shape index (κ1) is 13.8. The van der Waals surface area contributed by atoms with Gasteiger partial charge in [0.1, 0.15) is 0 Å². The second-order valence-electron chi connectivity index (χ2n) is 5.94. The van der Waals surface area contributed by atoms with Crippen molar-refractivity contribution in [2.24, 2.45) is 5.73 Å². The summed E-state index contributed by atoms with van der Waals surface area (Å²) in [6.45, 7) is 5.60. The minimum atomic E-state index is -0.478. The van der Waals surface area contributed by atoms with Crippen LogP contribution in [0.15, 0.2) is 0 Å². The van der Waals surface area contributed by atoms with Crippen molar-refractivity contribution < 1.29 is 4.79 Å². The van der Waals surface area contributed by atoms with Gasteiger partial charge < -0.3 is 16.0 Å². The fraction of sp³-hybridized carbons (Fsp3) is 0.923. The molecule has 2 aliphatic rings. The summed E-state index contributed by atoms with van der Waals surface area (Å²) < 4.78 is 0. The van der Waals surface area contributed by atoms with Gasteiger partial charge in [0.25, 0.3) is 0 Å². The molecule has 1 heterocycles. The SMILES string of the molecule is CNC1(C(N)=O)CCC(N2CCN(C)CC2C)C1. The predicted molar refractivity (Wildman–Crippen MR) is 72.3 cm³/mol. The van der Waals surface area contributed by atoms with Crippen LogP contribution in [0, 0.1) is 0 Å². The van der Waals surface area contributed by atoms with Gasteiger partial charge in [-0.1, -0.05) is 0 Å². The molecule has 2 fully saturated rings. The molecule has 1 aliphatic heterocycles. The molecule has 0 aromatic rings. The number of carbonyl (C=O) groups excluding carboxylic acids is 1. The number of nitrogens with two attached hydrogens (primary N) is 1. The van der Waals surface area contributed by atoms with Gasteiger partial charge in [0.15, 0.2) is 0 Å². The monoisotopic (exact) mass is 254 g/mol. The number of hydrogen-bond acceptors (Lipinski definition) is 4. The van der Waals surface area contributed by atoms with E-state index in [0.717, 1.165) is 38.9 Å². The summed E-state index contributed by atoms with van der Waals surface area (Å²) in [6, 6.07) is 1.06. The number of piperazine rings is 1. The van der Waals surface area contributed by atoms with E-state index in [-0.39, 0.29) is 5.91 Å². The molecule has 0 aromatic heterocycles. The number of nitrogens with zero attached hydrogens (tertiary/aromatic N) is 2. The van der Waals surface area contributed by atoms with Gasteiger partial charge in [-0.2, -0.15) is 0 Å². The van der Waals surface area contributed by atoms with Gasteiger partial charge in [-0.15, -0.1) is 0 Å². The molecule has 3 N–H and O–H groups in total. The van der Waals surface area contributed by atoms with Crippen LogP contribution in [0.3, 0.4) is 0 Å². The molecule has 104 valence electrons. The first-order chi connectivity index (χ1) is 8.48. The molecule has 3 atom stereocenters. The summed E-state index contributed by atoms with van der Waals surface area (Å²) in [7, 11) is 4.02. The number of nitrogens with one attached hydrogen (secondary N) is 1. The van der Waals surface area contributed by atoms with Gasteiger partial charge in [0, 0.05) is 31.7 Å². The molecule has 18 heavy (non-hydrogen) atoms. The van der Waals surface area contributed by atoms with Gasteiger partial charge >= 0.3 is 0 Å². The fourth-order valence-electron chi connectivity index (χ4n) is 3.57. The Hall–Kier alpha value is -0.650. The number of carbonyl (C=O) groups is 1. The lowest BCUT2D eigenvalue weighted by Crippen LogP contribution is -2.56. The standard InChI is InChI=1S/C13H26N4O/c1-10-9-16(3)6-7-17(10)11-4-5-13(8-11,15-2)12(14)18/h10-11,15H,4-9H2,1-3H3,(H2,14,18). The topological polar surface area (TPSA) is 61.6 Å². The van der Waals surface area contributed by atoms with Crippen molar-refractivity contribution >= 4 is 5.91 Å². The van der Waals surface area contributed by atoms with Crippen molar-refractivity contribution in [2.75, 3.05) is 33.7 Å². The lowest BCUT2D eigenvalue weighted by molar-refractivity contribution is -0.124. The minimum Gasteiger partial charge on any atom is -0.368 e. The molecule has 1 saturated heterocycles. The zero-order chi connectivity index (χ0) is 13.3. The maximum atomic E-state index is 11.6. The van der Waals surface area contributed by atoms with Crippen LogP contribution in [0.2, 0.25) is 0 Å². The van der Waals surface area contributed by atoms with E-state index >= 15 is 0 Å². The average Bonchev–Trinajstić information content (AvgIpc) is 2.74. The molecule has 0 spiro atoms. The highest BCUT2D eigenvalue weighted by Crippen LogP contribution is 2.34. The quantitative estimate of drug-likeness (QED) is 0.721. The zero-order valence-electron chi connectivity index (χ0n) is 11.8. The first-order valence-corrected chi connectivity index (χ1v) is 6.91. The van der Waals surface area contributed by atoms with E-state index in [1.54, 1.807) is 0 Å². The summed E-state index contributed by atoms with van der Waals surface area (Å²) in [5, 5.41) is 3.16. The summed E-state index contributed by atoms with van der Waals surface area (Å²) in [4.78, 5) is 16.6. The summed E-state index contributed by atoms with van der Waals surface area (Å²) >= 11 is 0. The summed E-state index contributed by atoms with van der Waals surface area (Å²) in [5.74, 6) is -0.200. The molecule has 5 nitrogen and oxygen atoms in total. The van der Waals surface area contributed by atoms with E-state index in [2.05, 4.69) is 29.1 Å². The Morgan fingerprint density at radius 2 is 2.17 bits per heavy atom. The van der Waals surface area contributed by atoms with Crippen molar-refractivity contribution in [3.05, 3.63) is 0 Å². The minimum absolute atomic E-state index is 0.200. The van der Waals surface area contributed by atoms with Crippen LogP contribution in [-0.4, -0.2) is 67.1 Å². The number of likely N-dealkylation sites (N-methyl/N-ethyl adjacent to an activating group) is 2. The highest BCUT2D eigenvalue weighted by molar-refractivity contribution is 5.85. The molecule has 1 saturated carbocycles. The lowest BCUT2D eigenvalue weighted by Gasteiger charge is -2.42. The van der Waals surface area contributed by atoms with Crippen LogP contribution in [-0.2, 0) is 4.79 Å². The predicted octanol–water partition coefficient (Wildman–Crippen LogP) is -0.382. The smallest absolute Gasteiger partial charge is 0.237 e. The second kappa shape index (κ2) is 5.15. The third kappa shape index (κ3) is 2.39.